The van der Waals surface area contributed by atoms with E-state index in [1.165, 1.54) is 0 Å². The quantitative estimate of drug-likeness (QED) is 0.117. The van der Waals surface area contributed by atoms with E-state index in [-0.39, 0.29) is 0 Å². The summed E-state index contributed by atoms with van der Waals surface area (Å²) in [6, 6.07) is 24.4. The van der Waals surface area contributed by atoms with Crippen LogP contribution >= 0.6 is 23.4 Å². The minimum absolute atomic E-state index is 0.415. The molecule has 0 saturated carbocycles. The summed E-state index contributed by atoms with van der Waals surface area (Å²) in [5, 5.41) is 3.53. The van der Waals surface area contributed by atoms with Gasteiger partial charge in [-0.15, -0.1) is 0 Å². The van der Waals surface area contributed by atoms with Gasteiger partial charge in [0.2, 0.25) is 5.91 Å². The van der Waals surface area contributed by atoms with Crippen LogP contribution in [0.1, 0.15) is 36.8 Å². The smallest absolute Gasteiger partial charge is 0.346 e. The zero-order chi connectivity index (χ0) is 28.2. The lowest BCUT2D eigenvalue weighted by atomic mass is 9.73. The lowest BCUT2D eigenvalue weighted by molar-refractivity contribution is -0.141. The summed E-state index contributed by atoms with van der Waals surface area (Å²) in [5.74, 6) is 0.175. The van der Waals surface area contributed by atoms with Crippen molar-refractivity contribution in [1.82, 2.24) is 15.3 Å². The first kappa shape index (κ1) is 28.2. The largest absolute Gasteiger partial charge is 0.405 e. The van der Waals surface area contributed by atoms with Crippen LogP contribution in [0.25, 0.3) is 22.4 Å². The van der Waals surface area contributed by atoms with Crippen molar-refractivity contribution in [2.45, 2.75) is 42.4 Å². The zero-order valence-electron chi connectivity index (χ0n) is 21.5. The molecular formula is C31H27ClF3N3OS. The van der Waals surface area contributed by atoms with Crippen molar-refractivity contribution in [3.63, 3.8) is 0 Å². The van der Waals surface area contributed by atoms with Gasteiger partial charge in [-0.3, -0.25) is 4.79 Å². The van der Waals surface area contributed by atoms with Gasteiger partial charge in [-0.2, -0.15) is 13.2 Å². The second-order valence-corrected chi connectivity index (χ2v) is 11.2. The van der Waals surface area contributed by atoms with Crippen molar-refractivity contribution in [1.29, 1.82) is 0 Å². The van der Waals surface area contributed by atoms with Crippen molar-refractivity contribution in [2.24, 2.45) is 0 Å². The topological polar surface area (TPSA) is 54.9 Å². The number of nitrogens with one attached hydrogen (secondary N) is 1. The van der Waals surface area contributed by atoms with Crippen LogP contribution < -0.4 is 5.32 Å². The molecule has 0 spiro atoms. The first-order valence-corrected chi connectivity index (χ1v) is 14.4. The second kappa shape index (κ2) is 12.0. The number of fused-ring (bicyclic) bond motifs is 3. The van der Waals surface area contributed by atoms with Crippen LogP contribution in [0, 0.1) is 0 Å². The van der Waals surface area contributed by atoms with Crippen molar-refractivity contribution in [3.8, 4) is 22.4 Å². The summed E-state index contributed by atoms with van der Waals surface area (Å²) in [5.41, 5.74) is 3.93. The molecule has 206 valence electrons. The number of nitrogens with zero attached hydrogens (tertiary/aromatic N) is 2. The molecule has 4 nitrogen and oxygen atoms in total. The van der Waals surface area contributed by atoms with E-state index in [0.29, 0.717) is 23.0 Å². The average molecular weight is 582 g/mol. The molecule has 1 heterocycles. The molecule has 0 fully saturated rings. The maximum atomic E-state index is 13.6. The summed E-state index contributed by atoms with van der Waals surface area (Å²) in [6.45, 7) is -1.36. The van der Waals surface area contributed by atoms with Crippen LogP contribution in [0.3, 0.4) is 0 Å². The predicted octanol–water partition coefficient (Wildman–Crippen LogP) is 8.09. The number of carbonyl (C=O) groups excluding carboxylic acids is 1. The van der Waals surface area contributed by atoms with Gasteiger partial charge in [-0.05, 0) is 53.3 Å². The van der Waals surface area contributed by atoms with Gasteiger partial charge in [0.1, 0.15) is 12.0 Å². The highest BCUT2D eigenvalue weighted by Crippen LogP contribution is 2.51. The Labute approximate surface area is 240 Å². The van der Waals surface area contributed by atoms with Crippen molar-refractivity contribution >= 4 is 29.3 Å². The number of hydrogen-bond donors (Lipinski definition) is 1. The second-order valence-electron chi connectivity index (χ2n) is 9.68. The Balaban J connectivity index is 1.26. The van der Waals surface area contributed by atoms with Gasteiger partial charge in [-0.1, -0.05) is 96.9 Å². The van der Waals surface area contributed by atoms with E-state index < -0.39 is 24.0 Å². The van der Waals surface area contributed by atoms with Gasteiger partial charge in [0.05, 0.1) is 5.69 Å². The molecule has 0 unspecified atom stereocenters. The number of unbranched alkanes of at least 4 members (excludes halogenated alkanes) is 2. The molecule has 9 heteroatoms. The Bertz CT molecular complexity index is 1450. The molecule has 3 aromatic carbocycles. The summed E-state index contributed by atoms with van der Waals surface area (Å²) in [4.78, 5) is 22.6. The van der Waals surface area contributed by atoms with Gasteiger partial charge >= 0.3 is 6.18 Å². The van der Waals surface area contributed by atoms with Gasteiger partial charge in [0.15, 0.2) is 5.16 Å². The number of amides is 1. The number of halogens is 4. The van der Waals surface area contributed by atoms with E-state index in [1.54, 1.807) is 18.0 Å². The number of rotatable bonds is 10. The first-order chi connectivity index (χ1) is 19.3. The molecule has 0 radical (unpaired) electrons. The summed E-state index contributed by atoms with van der Waals surface area (Å²) >= 11 is 7.54. The fourth-order valence-electron chi connectivity index (χ4n) is 5.31. The molecule has 4 aromatic rings. The Hall–Kier alpha value is -3.36. The van der Waals surface area contributed by atoms with Crippen LogP contribution in [0.5, 0.6) is 0 Å². The number of alkyl halides is 3. The fourth-order valence-corrected chi connectivity index (χ4v) is 6.26. The summed E-state index contributed by atoms with van der Waals surface area (Å²) in [7, 11) is 0. The standard InChI is InChI=1S/C31H27ClF3N3OS/c32-22-14-12-21(13-15-22)27-16-18-36-29(38-27)40-19-7-1-6-17-30(28(39)37-20-31(33,34)35)25-10-4-2-8-23(25)24-9-3-5-11-26(24)30/h2-5,8-16,18H,1,6-7,17,19-20H2,(H,37,39). The molecule has 1 N–H and O–H groups in total. The number of benzene rings is 3. The number of hydrogen-bond acceptors (Lipinski definition) is 4. The number of carbonyl (C=O) groups is 1. The summed E-state index contributed by atoms with van der Waals surface area (Å²) in [6.07, 6.45) is -0.00620. The monoisotopic (exact) mass is 581 g/mol. The molecule has 5 rings (SSSR count). The highest BCUT2D eigenvalue weighted by atomic mass is 35.5. The average Bonchev–Trinajstić information content (AvgIpc) is 3.24. The normalized spacial score (nSPS) is 13.5. The number of thioether (sulfide) groups is 1. The maximum Gasteiger partial charge on any atom is 0.405 e. The van der Waals surface area contributed by atoms with E-state index in [2.05, 4.69) is 15.3 Å². The highest BCUT2D eigenvalue weighted by molar-refractivity contribution is 7.99. The summed E-state index contributed by atoms with van der Waals surface area (Å²) < 4.78 is 39.2. The van der Waals surface area contributed by atoms with E-state index in [4.69, 9.17) is 11.6 Å². The van der Waals surface area contributed by atoms with Crippen molar-refractivity contribution in [2.75, 3.05) is 12.3 Å². The molecule has 0 atom stereocenters. The highest BCUT2D eigenvalue weighted by Gasteiger charge is 2.49. The van der Waals surface area contributed by atoms with Crippen LogP contribution in [-0.4, -0.2) is 34.3 Å². The fraction of sp³-hybridized carbons (Fsp3) is 0.258. The Morgan fingerprint density at radius 2 is 1.52 bits per heavy atom. The van der Waals surface area contributed by atoms with Crippen LogP contribution in [-0.2, 0) is 10.2 Å². The first-order valence-electron chi connectivity index (χ1n) is 13.0. The molecule has 1 aromatic heterocycles. The molecule has 1 aliphatic rings. The molecule has 1 amide bonds. The molecule has 0 aliphatic heterocycles. The molecule has 1 aliphatic carbocycles. The van der Waals surface area contributed by atoms with Gasteiger partial charge < -0.3 is 5.32 Å². The number of aromatic nitrogens is 2. The minimum atomic E-state index is -4.49. The van der Waals surface area contributed by atoms with E-state index in [0.717, 1.165) is 52.1 Å². The van der Waals surface area contributed by atoms with E-state index in [1.807, 2.05) is 78.9 Å². The van der Waals surface area contributed by atoms with Gasteiger partial charge in [-0.25, -0.2) is 9.97 Å². The van der Waals surface area contributed by atoms with Crippen LogP contribution in [0.2, 0.25) is 5.02 Å². The maximum absolute atomic E-state index is 13.6. The third-order valence-corrected chi connectivity index (χ3v) is 8.30. The molecule has 0 saturated heterocycles. The van der Waals surface area contributed by atoms with Gasteiger partial charge in [0.25, 0.3) is 0 Å². The Morgan fingerprint density at radius 1 is 0.875 bits per heavy atom. The third kappa shape index (κ3) is 6.03. The van der Waals surface area contributed by atoms with Crippen LogP contribution in [0.4, 0.5) is 13.2 Å². The lowest BCUT2D eigenvalue weighted by Gasteiger charge is -2.31. The van der Waals surface area contributed by atoms with Gasteiger partial charge in [0, 0.05) is 22.5 Å². The van der Waals surface area contributed by atoms with E-state index >= 15 is 0 Å². The van der Waals surface area contributed by atoms with Crippen LogP contribution in [0.15, 0.2) is 90.2 Å². The van der Waals surface area contributed by atoms with E-state index in [9.17, 15) is 18.0 Å². The molecular weight excluding hydrogens is 555 g/mol. The van der Waals surface area contributed by atoms with Crippen molar-refractivity contribution in [3.05, 3.63) is 101 Å². The Kier molecular flexibility index (Phi) is 8.47. The lowest BCUT2D eigenvalue weighted by Crippen LogP contribution is -2.47. The Morgan fingerprint density at radius 3 is 2.17 bits per heavy atom. The minimum Gasteiger partial charge on any atom is -0.346 e. The third-order valence-electron chi connectivity index (χ3n) is 7.10. The predicted molar refractivity (Wildman–Crippen MR) is 153 cm³/mol. The molecule has 0 bridgehead atoms. The zero-order valence-corrected chi connectivity index (χ0v) is 23.1. The van der Waals surface area contributed by atoms with Crippen molar-refractivity contribution < 1.29 is 18.0 Å². The molecule has 40 heavy (non-hydrogen) atoms. The SMILES string of the molecule is O=C(NCC(F)(F)F)C1(CCCCCSc2nccc(-c3ccc(Cl)cc3)n2)c2ccccc2-c2ccccc21.